The van der Waals surface area contributed by atoms with Crippen molar-refractivity contribution >= 4 is 12.0 Å². The van der Waals surface area contributed by atoms with Gasteiger partial charge in [0.05, 0.1) is 12.1 Å². The lowest BCUT2D eigenvalue weighted by Gasteiger charge is -2.36. The van der Waals surface area contributed by atoms with Crippen LogP contribution in [0.3, 0.4) is 0 Å². The summed E-state index contributed by atoms with van der Waals surface area (Å²) in [5.74, 6) is 0.695. The Balaban J connectivity index is 2.29. The van der Waals surface area contributed by atoms with Crippen LogP contribution in [0.5, 0.6) is 0 Å². The molecule has 150 valence electrons. The van der Waals surface area contributed by atoms with Gasteiger partial charge in [-0.2, -0.15) is 0 Å². The molecule has 2 heterocycles. The number of carbonyl (C=O) groups is 2. The maximum absolute atomic E-state index is 13.0. The Morgan fingerprint density at radius 1 is 1.35 bits per heavy atom. The normalized spacial score (nSPS) is 29.0. The minimum atomic E-state index is -0.755. The Morgan fingerprint density at radius 2 is 1.96 bits per heavy atom. The molecule has 2 amide bonds. The van der Waals surface area contributed by atoms with E-state index in [1.165, 1.54) is 0 Å². The minimum absolute atomic E-state index is 0.0885. The Labute approximate surface area is 158 Å². The molecule has 0 spiro atoms. The molecule has 0 radical (unpaired) electrons. The molecule has 2 aliphatic heterocycles. The van der Waals surface area contributed by atoms with E-state index in [2.05, 4.69) is 13.8 Å². The predicted molar refractivity (Wildman–Crippen MR) is 101 cm³/mol. The zero-order valence-electron chi connectivity index (χ0n) is 17.7. The molecule has 0 unspecified atom stereocenters. The third-order valence-electron chi connectivity index (χ3n) is 5.11. The second kappa shape index (κ2) is 7.37. The molecule has 3 atom stereocenters. The lowest BCUT2D eigenvalue weighted by atomic mass is 9.89. The highest BCUT2D eigenvalue weighted by atomic mass is 16.6. The number of carbonyl (C=O) groups excluding carboxylic acids is 2. The van der Waals surface area contributed by atoms with Gasteiger partial charge in [-0.05, 0) is 53.9 Å². The van der Waals surface area contributed by atoms with Crippen LogP contribution < -0.4 is 0 Å². The number of nitrogens with zero attached hydrogens (tertiary/aromatic N) is 2. The molecule has 6 nitrogen and oxygen atoms in total. The molecule has 26 heavy (non-hydrogen) atoms. The molecule has 0 aliphatic carbocycles. The molecule has 0 aromatic heterocycles. The highest BCUT2D eigenvalue weighted by Gasteiger charge is 2.54. The van der Waals surface area contributed by atoms with E-state index in [-0.39, 0.29) is 30.1 Å². The number of likely N-dealkylation sites (tertiary alicyclic amines) is 1. The summed E-state index contributed by atoms with van der Waals surface area (Å²) in [6.07, 6.45) is 0.822. The maximum Gasteiger partial charge on any atom is 0.412 e. The van der Waals surface area contributed by atoms with Gasteiger partial charge in [-0.3, -0.25) is 9.69 Å². The van der Waals surface area contributed by atoms with Crippen molar-refractivity contribution in [3.8, 4) is 0 Å². The van der Waals surface area contributed by atoms with Crippen LogP contribution >= 0.6 is 0 Å². The molecule has 6 heteroatoms. The van der Waals surface area contributed by atoms with E-state index in [0.717, 1.165) is 13.0 Å². The molecule has 0 aromatic carbocycles. The van der Waals surface area contributed by atoms with E-state index in [1.807, 2.05) is 46.4 Å². The van der Waals surface area contributed by atoms with E-state index in [9.17, 15) is 9.59 Å². The van der Waals surface area contributed by atoms with Crippen LogP contribution in [0.2, 0.25) is 0 Å². The highest BCUT2D eigenvalue weighted by molar-refractivity contribution is 5.78. The van der Waals surface area contributed by atoms with Crippen molar-refractivity contribution < 1.29 is 19.1 Å². The first kappa shape index (κ1) is 21.0. The maximum atomic E-state index is 13.0. The molecule has 2 fully saturated rings. The summed E-state index contributed by atoms with van der Waals surface area (Å²) in [6, 6.07) is -0.0885. The number of hydrogen-bond acceptors (Lipinski definition) is 4. The smallest absolute Gasteiger partial charge is 0.412 e. The van der Waals surface area contributed by atoms with Gasteiger partial charge in [0.25, 0.3) is 0 Å². The molecule has 2 aliphatic rings. The van der Waals surface area contributed by atoms with Crippen LogP contribution in [0.15, 0.2) is 0 Å². The molecular weight excluding hydrogens is 332 g/mol. The summed E-state index contributed by atoms with van der Waals surface area (Å²) in [7, 11) is 0. The van der Waals surface area contributed by atoms with Crippen molar-refractivity contribution in [2.75, 3.05) is 13.1 Å². The second-order valence-corrected chi connectivity index (χ2v) is 9.47. The van der Waals surface area contributed by atoms with Gasteiger partial charge >= 0.3 is 6.09 Å². The van der Waals surface area contributed by atoms with E-state index in [1.54, 1.807) is 4.90 Å². The Hall–Kier alpha value is -1.30. The van der Waals surface area contributed by atoms with Gasteiger partial charge in [0, 0.05) is 25.4 Å². The average Bonchev–Trinajstić information content (AvgIpc) is 2.93. The fourth-order valence-corrected chi connectivity index (χ4v) is 4.14. The topological polar surface area (TPSA) is 59.1 Å². The molecule has 0 bridgehead atoms. The van der Waals surface area contributed by atoms with E-state index in [4.69, 9.17) is 9.47 Å². The summed E-state index contributed by atoms with van der Waals surface area (Å²) >= 11 is 0. The van der Waals surface area contributed by atoms with Gasteiger partial charge in [-0.15, -0.1) is 0 Å². The fraction of sp³-hybridized carbons (Fsp3) is 0.900. The molecule has 0 aromatic rings. The van der Waals surface area contributed by atoms with Crippen LogP contribution in [0.25, 0.3) is 0 Å². The third kappa shape index (κ3) is 4.51. The SMILES string of the molecule is CCN1C[C@@H]([C@@H]2OC(C)(C)N(C(=O)OC(C)(C)C)[C@H]2CC(C)C)CC1=O. The summed E-state index contributed by atoms with van der Waals surface area (Å²) in [5, 5.41) is 0. The molecule has 2 rings (SSSR count). The lowest BCUT2D eigenvalue weighted by molar-refractivity contribution is -0.127. The van der Waals surface area contributed by atoms with E-state index in [0.29, 0.717) is 18.9 Å². The van der Waals surface area contributed by atoms with Crippen LogP contribution in [-0.2, 0) is 14.3 Å². The minimum Gasteiger partial charge on any atom is -0.444 e. The standard InChI is InChI=1S/C20H36N2O4/c1-9-21-12-14(11-16(21)23)17-15(10-13(2)3)22(20(7,8)25-17)18(24)26-19(4,5)6/h13-15,17H,9-12H2,1-8H3/t14-,15-,17-/m0/s1. The molecule has 0 N–H and O–H groups in total. The number of rotatable bonds is 4. The summed E-state index contributed by atoms with van der Waals surface area (Å²) < 4.78 is 12.1. The van der Waals surface area contributed by atoms with Crippen LogP contribution in [0, 0.1) is 11.8 Å². The molecule has 2 saturated heterocycles. The Morgan fingerprint density at radius 3 is 2.42 bits per heavy atom. The van der Waals surface area contributed by atoms with Crippen molar-refractivity contribution in [2.45, 2.75) is 91.7 Å². The highest BCUT2D eigenvalue weighted by Crippen LogP contribution is 2.41. The van der Waals surface area contributed by atoms with Crippen LogP contribution in [0.1, 0.15) is 68.2 Å². The van der Waals surface area contributed by atoms with Gasteiger partial charge in [0.2, 0.25) is 5.91 Å². The fourth-order valence-electron chi connectivity index (χ4n) is 4.14. The van der Waals surface area contributed by atoms with Gasteiger partial charge < -0.3 is 14.4 Å². The summed E-state index contributed by atoms with van der Waals surface area (Å²) in [6.45, 7) is 17.2. The van der Waals surface area contributed by atoms with Crippen molar-refractivity contribution in [1.29, 1.82) is 0 Å². The monoisotopic (exact) mass is 368 g/mol. The first-order chi connectivity index (χ1) is 11.9. The van der Waals surface area contributed by atoms with Gasteiger partial charge in [-0.25, -0.2) is 4.79 Å². The van der Waals surface area contributed by atoms with E-state index >= 15 is 0 Å². The largest absolute Gasteiger partial charge is 0.444 e. The van der Waals surface area contributed by atoms with Gasteiger partial charge in [0.1, 0.15) is 11.3 Å². The van der Waals surface area contributed by atoms with Crippen molar-refractivity contribution in [1.82, 2.24) is 9.80 Å². The van der Waals surface area contributed by atoms with Crippen LogP contribution in [0.4, 0.5) is 4.79 Å². The summed E-state index contributed by atoms with van der Waals surface area (Å²) in [5.41, 5.74) is -1.31. The predicted octanol–water partition coefficient (Wildman–Crippen LogP) is 3.64. The first-order valence-electron chi connectivity index (χ1n) is 9.83. The second-order valence-electron chi connectivity index (χ2n) is 9.47. The van der Waals surface area contributed by atoms with Crippen molar-refractivity contribution in [3.05, 3.63) is 0 Å². The molecule has 0 saturated carbocycles. The number of ether oxygens (including phenoxy) is 2. The Kier molecular flexibility index (Phi) is 5.96. The molecular formula is C20H36N2O4. The zero-order chi connectivity index (χ0) is 19.9. The zero-order valence-corrected chi connectivity index (χ0v) is 17.7. The van der Waals surface area contributed by atoms with Gasteiger partial charge in [-0.1, -0.05) is 13.8 Å². The van der Waals surface area contributed by atoms with Crippen LogP contribution in [-0.4, -0.2) is 58.4 Å². The quantitative estimate of drug-likeness (QED) is 0.760. The van der Waals surface area contributed by atoms with E-state index < -0.39 is 11.3 Å². The van der Waals surface area contributed by atoms with Crippen molar-refractivity contribution in [2.24, 2.45) is 11.8 Å². The lowest BCUT2D eigenvalue weighted by Crippen LogP contribution is -2.51. The van der Waals surface area contributed by atoms with Crippen molar-refractivity contribution in [3.63, 3.8) is 0 Å². The number of amides is 2. The summed E-state index contributed by atoms with van der Waals surface area (Å²) in [4.78, 5) is 28.8. The van der Waals surface area contributed by atoms with Gasteiger partial charge in [0.15, 0.2) is 0 Å². The average molecular weight is 369 g/mol. The first-order valence-corrected chi connectivity index (χ1v) is 9.83. The Bertz CT molecular complexity index is 538. The number of hydrogen-bond donors (Lipinski definition) is 0. The third-order valence-corrected chi connectivity index (χ3v) is 5.11.